The van der Waals surface area contributed by atoms with Gasteiger partial charge in [0.15, 0.2) is 5.58 Å². The molecule has 90 valence electrons. The Morgan fingerprint density at radius 3 is 2.78 bits per heavy atom. The molecule has 0 aliphatic heterocycles. The maximum absolute atomic E-state index is 6.00. The van der Waals surface area contributed by atoms with Crippen LogP contribution in [0, 0.1) is 6.92 Å². The Hall–Kier alpha value is -2.00. The second-order valence-electron chi connectivity index (χ2n) is 4.21. The van der Waals surface area contributed by atoms with Crippen LogP contribution in [0.3, 0.4) is 0 Å². The number of rotatable bonds is 1. The molecule has 3 rings (SSSR count). The van der Waals surface area contributed by atoms with Crippen molar-refractivity contribution >= 4 is 28.4 Å². The number of nitrogens with two attached hydrogens (primary N) is 1. The summed E-state index contributed by atoms with van der Waals surface area (Å²) in [5.41, 5.74) is 9.77. The number of nitrogens with zero attached hydrogens (tertiary/aromatic N) is 1. The SMILES string of the molecule is Cc1cc(-c2nc3ccc(N)cc3o2)ccc1Cl. The van der Waals surface area contributed by atoms with E-state index in [0.29, 0.717) is 17.2 Å². The number of fused-ring (bicyclic) bond motifs is 1. The van der Waals surface area contributed by atoms with Crippen LogP contribution in [0.25, 0.3) is 22.6 Å². The lowest BCUT2D eigenvalue weighted by molar-refractivity contribution is 0.620. The molecule has 2 N–H and O–H groups in total. The predicted molar refractivity (Wildman–Crippen MR) is 73.6 cm³/mol. The fourth-order valence-corrected chi connectivity index (χ4v) is 1.96. The quantitative estimate of drug-likeness (QED) is 0.670. The number of oxazole rings is 1. The van der Waals surface area contributed by atoms with E-state index in [2.05, 4.69) is 4.98 Å². The van der Waals surface area contributed by atoms with Crippen LogP contribution in [0.15, 0.2) is 40.8 Å². The van der Waals surface area contributed by atoms with Crippen molar-refractivity contribution in [2.24, 2.45) is 0 Å². The monoisotopic (exact) mass is 258 g/mol. The van der Waals surface area contributed by atoms with E-state index in [1.54, 1.807) is 6.07 Å². The molecule has 2 aromatic carbocycles. The molecule has 1 heterocycles. The first-order chi connectivity index (χ1) is 8.63. The minimum Gasteiger partial charge on any atom is -0.436 e. The summed E-state index contributed by atoms with van der Waals surface area (Å²) in [5, 5.41) is 0.735. The van der Waals surface area contributed by atoms with E-state index in [9.17, 15) is 0 Å². The van der Waals surface area contributed by atoms with Gasteiger partial charge in [0.25, 0.3) is 0 Å². The Kier molecular flexibility index (Phi) is 2.49. The van der Waals surface area contributed by atoms with Crippen LogP contribution in [0.2, 0.25) is 5.02 Å². The first-order valence-corrected chi connectivity index (χ1v) is 5.94. The third-order valence-electron chi connectivity index (χ3n) is 2.82. The highest BCUT2D eigenvalue weighted by molar-refractivity contribution is 6.31. The van der Waals surface area contributed by atoms with Crippen molar-refractivity contribution in [3.63, 3.8) is 0 Å². The molecule has 0 atom stereocenters. The molecular weight excluding hydrogens is 248 g/mol. The van der Waals surface area contributed by atoms with Gasteiger partial charge in [-0.3, -0.25) is 0 Å². The minimum absolute atomic E-state index is 0.579. The molecule has 0 bridgehead atoms. The van der Waals surface area contributed by atoms with E-state index in [1.807, 2.05) is 37.3 Å². The molecule has 0 unspecified atom stereocenters. The molecule has 0 saturated carbocycles. The molecule has 0 aliphatic carbocycles. The second-order valence-corrected chi connectivity index (χ2v) is 4.62. The molecule has 0 saturated heterocycles. The zero-order valence-electron chi connectivity index (χ0n) is 9.77. The molecule has 0 spiro atoms. The van der Waals surface area contributed by atoms with Crippen LogP contribution >= 0.6 is 11.6 Å². The molecule has 4 heteroatoms. The highest BCUT2D eigenvalue weighted by atomic mass is 35.5. The van der Waals surface area contributed by atoms with E-state index >= 15 is 0 Å². The first kappa shape index (κ1) is 11.1. The Labute approximate surface area is 109 Å². The van der Waals surface area contributed by atoms with Crippen LogP contribution in [0.4, 0.5) is 5.69 Å². The molecule has 18 heavy (non-hydrogen) atoms. The lowest BCUT2D eigenvalue weighted by atomic mass is 10.1. The molecule has 0 aliphatic rings. The summed E-state index contributed by atoms with van der Waals surface area (Å²) in [6.45, 7) is 1.95. The van der Waals surface area contributed by atoms with Gasteiger partial charge in [-0.05, 0) is 42.8 Å². The smallest absolute Gasteiger partial charge is 0.227 e. The van der Waals surface area contributed by atoms with Crippen molar-refractivity contribution in [1.82, 2.24) is 4.98 Å². The lowest BCUT2D eigenvalue weighted by Crippen LogP contribution is -1.81. The summed E-state index contributed by atoms with van der Waals surface area (Å²) in [6.07, 6.45) is 0. The van der Waals surface area contributed by atoms with Crippen LogP contribution in [-0.2, 0) is 0 Å². The number of benzene rings is 2. The third kappa shape index (κ3) is 1.83. The number of halogens is 1. The summed E-state index contributed by atoms with van der Waals surface area (Å²) in [6, 6.07) is 11.1. The summed E-state index contributed by atoms with van der Waals surface area (Å²) in [7, 11) is 0. The van der Waals surface area contributed by atoms with Gasteiger partial charge < -0.3 is 10.2 Å². The van der Waals surface area contributed by atoms with E-state index in [4.69, 9.17) is 21.8 Å². The number of aryl methyl sites for hydroxylation is 1. The van der Waals surface area contributed by atoms with Crippen LogP contribution in [0.1, 0.15) is 5.56 Å². The molecule has 3 aromatic rings. The Bertz CT molecular complexity index is 734. The third-order valence-corrected chi connectivity index (χ3v) is 3.24. The largest absolute Gasteiger partial charge is 0.436 e. The van der Waals surface area contributed by atoms with Gasteiger partial charge in [0.2, 0.25) is 5.89 Å². The van der Waals surface area contributed by atoms with Gasteiger partial charge in [-0.15, -0.1) is 0 Å². The maximum Gasteiger partial charge on any atom is 0.227 e. The molecular formula is C14H11ClN2O. The van der Waals surface area contributed by atoms with Crippen molar-refractivity contribution in [3.05, 3.63) is 47.0 Å². The van der Waals surface area contributed by atoms with Crippen molar-refractivity contribution in [1.29, 1.82) is 0 Å². The summed E-state index contributed by atoms with van der Waals surface area (Å²) in [4.78, 5) is 4.43. The molecule has 0 amide bonds. The Morgan fingerprint density at radius 1 is 1.17 bits per heavy atom. The number of nitrogen functional groups attached to an aromatic ring is 1. The van der Waals surface area contributed by atoms with E-state index in [1.165, 1.54) is 0 Å². The fraction of sp³-hybridized carbons (Fsp3) is 0.0714. The average Bonchev–Trinajstić information content (AvgIpc) is 2.75. The molecule has 0 radical (unpaired) electrons. The topological polar surface area (TPSA) is 52.0 Å². The number of anilines is 1. The second kappa shape index (κ2) is 4.03. The van der Waals surface area contributed by atoms with E-state index < -0.39 is 0 Å². The first-order valence-electron chi connectivity index (χ1n) is 5.56. The summed E-state index contributed by atoms with van der Waals surface area (Å²) >= 11 is 6.00. The van der Waals surface area contributed by atoms with Crippen molar-refractivity contribution in [2.75, 3.05) is 5.73 Å². The van der Waals surface area contributed by atoms with Gasteiger partial charge in [-0.25, -0.2) is 4.98 Å². The van der Waals surface area contributed by atoms with Crippen LogP contribution in [-0.4, -0.2) is 4.98 Å². The minimum atomic E-state index is 0.579. The van der Waals surface area contributed by atoms with Gasteiger partial charge in [0.05, 0.1) is 0 Å². The van der Waals surface area contributed by atoms with Crippen LogP contribution < -0.4 is 5.73 Å². The normalized spacial score (nSPS) is 11.0. The van der Waals surface area contributed by atoms with E-state index in [0.717, 1.165) is 21.7 Å². The number of hydrogen-bond acceptors (Lipinski definition) is 3. The summed E-state index contributed by atoms with van der Waals surface area (Å²) in [5.74, 6) is 0.579. The molecule has 0 fully saturated rings. The number of hydrogen-bond donors (Lipinski definition) is 1. The van der Waals surface area contributed by atoms with Gasteiger partial charge in [0.1, 0.15) is 5.52 Å². The molecule has 1 aromatic heterocycles. The zero-order chi connectivity index (χ0) is 12.7. The van der Waals surface area contributed by atoms with E-state index in [-0.39, 0.29) is 0 Å². The average molecular weight is 259 g/mol. The zero-order valence-corrected chi connectivity index (χ0v) is 10.5. The maximum atomic E-state index is 6.00. The van der Waals surface area contributed by atoms with Gasteiger partial charge in [-0.1, -0.05) is 11.6 Å². The number of aromatic nitrogens is 1. The lowest BCUT2D eigenvalue weighted by Gasteiger charge is -1.99. The van der Waals surface area contributed by atoms with Gasteiger partial charge in [-0.2, -0.15) is 0 Å². The highest BCUT2D eigenvalue weighted by Crippen LogP contribution is 2.28. The van der Waals surface area contributed by atoms with Crippen molar-refractivity contribution in [2.45, 2.75) is 6.92 Å². The van der Waals surface area contributed by atoms with Crippen LogP contribution in [0.5, 0.6) is 0 Å². The summed E-state index contributed by atoms with van der Waals surface area (Å²) < 4.78 is 5.70. The standard InChI is InChI=1S/C14H11ClN2O/c1-8-6-9(2-4-11(8)15)14-17-12-5-3-10(16)7-13(12)18-14/h2-7H,16H2,1H3. The van der Waals surface area contributed by atoms with Crippen molar-refractivity contribution in [3.8, 4) is 11.5 Å². The Morgan fingerprint density at radius 2 is 2.00 bits per heavy atom. The highest BCUT2D eigenvalue weighted by Gasteiger charge is 2.09. The fourth-order valence-electron chi connectivity index (χ4n) is 1.84. The van der Waals surface area contributed by atoms with Gasteiger partial charge in [0, 0.05) is 22.3 Å². The van der Waals surface area contributed by atoms with Gasteiger partial charge >= 0.3 is 0 Å². The molecule has 3 nitrogen and oxygen atoms in total. The predicted octanol–water partition coefficient (Wildman–Crippen LogP) is 4.04. The Balaban J connectivity index is 2.16. The van der Waals surface area contributed by atoms with Crippen molar-refractivity contribution < 1.29 is 4.42 Å².